The molecule has 1 amide bonds. The zero-order valence-electron chi connectivity index (χ0n) is 11.1. The monoisotopic (exact) mass is 263 g/mol. The van der Waals surface area contributed by atoms with Crippen LogP contribution in [-0.2, 0) is 0 Å². The number of nitrogens with zero attached hydrogens (tertiary/aromatic N) is 2. The van der Waals surface area contributed by atoms with Gasteiger partial charge in [-0.1, -0.05) is 12.8 Å². The first kappa shape index (κ1) is 13.8. The first-order valence-electron chi connectivity index (χ1n) is 6.91. The summed E-state index contributed by atoms with van der Waals surface area (Å²) in [6, 6.07) is 3.69. The second kappa shape index (κ2) is 7.09. The van der Waals surface area contributed by atoms with Gasteiger partial charge in [0.05, 0.1) is 12.2 Å². The van der Waals surface area contributed by atoms with Crippen molar-refractivity contribution in [2.24, 2.45) is 0 Å². The molecule has 1 aromatic heterocycles. The zero-order valence-corrected chi connectivity index (χ0v) is 11.1. The fraction of sp³-hybridized carbons (Fsp3) is 0.571. The topological polar surface area (TPSA) is 65.5 Å². The van der Waals surface area contributed by atoms with Crippen LogP contribution in [0.15, 0.2) is 18.3 Å². The summed E-state index contributed by atoms with van der Waals surface area (Å²) in [4.78, 5) is 18.3. The summed E-state index contributed by atoms with van der Waals surface area (Å²) in [6.07, 6.45) is 6.60. The van der Waals surface area contributed by atoms with Crippen molar-refractivity contribution in [1.29, 1.82) is 0 Å². The Kier molecular flexibility index (Phi) is 5.15. The SMILES string of the molecule is O=C(NCCO)c1ccc(N2CCCCCC2)nc1. The number of carbonyl (C=O) groups is 1. The van der Waals surface area contributed by atoms with Crippen molar-refractivity contribution >= 4 is 11.7 Å². The first-order valence-corrected chi connectivity index (χ1v) is 6.91. The van der Waals surface area contributed by atoms with Gasteiger partial charge < -0.3 is 15.3 Å². The highest BCUT2D eigenvalue weighted by Gasteiger charge is 2.12. The van der Waals surface area contributed by atoms with Crippen molar-refractivity contribution in [3.05, 3.63) is 23.9 Å². The summed E-state index contributed by atoms with van der Waals surface area (Å²) < 4.78 is 0. The smallest absolute Gasteiger partial charge is 0.252 e. The average molecular weight is 263 g/mol. The molecule has 0 aliphatic carbocycles. The molecule has 1 aromatic rings. The van der Waals surface area contributed by atoms with Crippen LogP contribution in [0.2, 0.25) is 0 Å². The molecule has 104 valence electrons. The van der Waals surface area contributed by atoms with Gasteiger partial charge in [0, 0.05) is 25.8 Å². The highest BCUT2D eigenvalue weighted by molar-refractivity contribution is 5.94. The summed E-state index contributed by atoms with van der Waals surface area (Å²) in [5, 5.41) is 11.3. The van der Waals surface area contributed by atoms with Crippen LogP contribution in [0.1, 0.15) is 36.0 Å². The van der Waals surface area contributed by atoms with E-state index in [4.69, 9.17) is 5.11 Å². The Bertz CT molecular complexity index is 398. The molecular weight excluding hydrogens is 242 g/mol. The van der Waals surface area contributed by atoms with Crippen molar-refractivity contribution < 1.29 is 9.90 Å². The molecule has 0 spiro atoms. The summed E-state index contributed by atoms with van der Waals surface area (Å²) in [6.45, 7) is 2.31. The number of anilines is 1. The Morgan fingerprint density at radius 3 is 2.58 bits per heavy atom. The molecule has 0 atom stereocenters. The molecule has 0 saturated carbocycles. The normalized spacial score (nSPS) is 15.9. The van der Waals surface area contributed by atoms with Crippen LogP contribution in [0.4, 0.5) is 5.82 Å². The number of hydrogen-bond acceptors (Lipinski definition) is 4. The molecule has 0 unspecified atom stereocenters. The van der Waals surface area contributed by atoms with Crippen molar-refractivity contribution in [3.63, 3.8) is 0 Å². The van der Waals surface area contributed by atoms with Gasteiger partial charge in [-0.15, -0.1) is 0 Å². The van der Waals surface area contributed by atoms with Gasteiger partial charge in [0.1, 0.15) is 5.82 Å². The molecule has 0 aromatic carbocycles. The van der Waals surface area contributed by atoms with E-state index in [0.29, 0.717) is 5.56 Å². The largest absolute Gasteiger partial charge is 0.395 e. The molecule has 1 fully saturated rings. The van der Waals surface area contributed by atoms with Crippen LogP contribution < -0.4 is 10.2 Å². The predicted molar refractivity (Wildman–Crippen MR) is 74.3 cm³/mol. The lowest BCUT2D eigenvalue weighted by Crippen LogP contribution is -2.27. The van der Waals surface area contributed by atoms with Crippen LogP contribution in [0.3, 0.4) is 0 Å². The molecule has 2 rings (SSSR count). The van der Waals surface area contributed by atoms with Crippen LogP contribution in [0.25, 0.3) is 0 Å². The summed E-state index contributed by atoms with van der Waals surface area (Å²) in [5.74, 6) is 0.754. The molecule has 19 heavy (non-hydrogen) atoms. The van der Waals surface area contributed by atoms with E-state index in [1.54, 1.807) is 12.3 Å². The summed E-state index contributed by atoms with van der Waals surface area (Å²) in [5.41, 5.74) is 0.534. The molecule has 1 aliphatic rings. The standard InChI is InChI=1S/C14H21N3O2/c18-10-7-15-14(19)12-5-6-13(16-11-12)17-8-3-1-2-4-9-17/h5-6,11,18H,1-4,7-10H2,(H,15,19). The maximum atomic E-state index is 11.7. The lowest BCUT2D eigenvalue weighted by atomic mass is 10.2. The Balaban J connectivity index is 1.98. The number of hydrogen-bond donors (Lipinski definition) is 2. The van der Waals surface area contributed by atoms with Crippen LogP contribution in [0, 0.1) is 0 Å². The number of nitrogens with one attached hydrogen (secondary N) is 1. The van der Waals surface area contributed by atoms with Gasteiger partial charge >= 0.3 is 0 Å². The third kappa shape index (κ3) is 3.92. The van der Waals surface area contributed by atoms with Gasteiger partial charge in [-0.05, 0) is 25.0 Å². The van der Waals surface area contributed by atoms with E-state index < -0.39 is 0 Å². The van der Waals surface area contributed by atoms with E-state index in [9.17, 15) is 4.79 Å². The van der Waals surface area contributed by atoms with Crippen molar-refractivity contribution in [3.8, 4) is 0 Å². The summed E-state index contributed by atoms with van der Waals surface area (Å²) in [7, 11) is 0. The van der Waals surface area contributed by atoms with Gasteiger partial charge in [-0.25, -0.2) is 4.98 Å². The van der Waals surface area contributed by atoms with Gasteiger partial charge in [0.15, 0.2) is 0 Å². The van der Waals surface area contributed by atoms with Gasteiger partial charge in [0.25, 0.3) is 5.91 Å². The van der Waals surface area contributed by atoms with Gasteiger partial charge in [0.2, 0.25) is 0 Å². The molecular formula is C14H21N3O2. The lowest BCUT2D eigenvalue weighted by Gasteiger charge is -2.21. The quantitative estimate of drug-likeness (QED) is 0.856. The van der Waals surface area contributed by atoms with Crippen molar-refractivity contribution in [2.75, 3.05) is 31.1 Å². The molecule has 5 nitrogen and oxygen atoms in total. The number of aromatic nitrogens is 1. The number of aliphatic hydroxyl groups is 1. The number of pyridine rings is 1. The zero-order chi connectivity index (χ0) is 13.5. The number of aliphatic hydroxyl groups excluding tert-OH is 1. The Hall–Kier alpha value is -1.62. The Morgan fingerprint density at radius 1 is 1.26 bits per heavy atom. The van der Waals surface area contributed by atoms with Crippen LogP contribution in [-0.4, -0.2) is 42.2 Å². The highest BCUT2D eigenvalue weighted by atomic mass is 16.3. The number of rotatable bonds is 4. The van der Waals surface area contributed by atoms with E-state index in [1.807, 2.05) is 6.07 Å². The molecule has 1 saturated heterocycles. The van der Waals surface area contributed by atoms with E-state index in [1.165, 1.54) is 25.7 Å². The molecule has 0 radical (unpaired) electrons. The Morgan fingerprint density at radius 2 is 2.00 bits per heavy atom. The van der Waals surface area contributed by atoms with E-state index in [2.05, 4.69) is 15.2 Å². The minimum absolute atomic E-state index is 0.0506. The van der Waals surface area contributed by atoms with Crippen LogP contribution >= 0.6 is 0 Å². The van der Waals surface area contributed by atoms with Crippen LogP contribution in [0.5, 0.6) is 0 Å². The summed E-state index contributed by atoms with van der Waals surface area (Å²) >= 11 is 0. The fourth-order valence-corrected chi connectivity index (χ4v) is 2.28. The minimum atomic E-state index is -0.191. The second-order valence-electron chi connectivity index (χ2n) is 4.79. The van der Waals surface area contributed by atoms with Gasteiger partial charge in [-0.3, -0.25) is 4.79 Å². The third-order valence-corrected chi connectivity index (χ3v) is 3.34. The highest BCUT2D eigenvalue weighted by Crippen LogP contribution is 2.17. The first-order chi connectivity index (χ1) is 9.31. The van der Waals surface area contributed by atoms with E-state index in [0.717, 1.165) is 18.9 Å². The molecule has 2 N–H and O–H groups in total. The number of carbonyl (C=O) groups excluding carboxylic acids is 1. The molecule has 2 heterocycles. The maximum Gasteiger partial charge on any atom is 0.252 e. The van der Waals surface area contributed by atoms with Crippen molar-refractivity contribution in [1.82, 2.24) is 10.3 Å². The predicted octanol–water partition coefficient (Wildman–Crippen LogP) is 1.18. The Labute approximate surface area is 113 Å². The van der Waals surface area contributed by atoms with E-state index in [-0.39, 0.29) is 19.1 Å². The second-order valence-corrected chi connectivity index (χ2v) is 4.79. The van der Waals surface area contributed by atoms with E-state index >= 15 is 0 Å². The van der Waals surface area contributed by atoms with Crippen molar-refractivity contribution in [2.45, 2.75) is 25.7 Å². The minimum Gasteiger partial charge on any atom is -0.395 e. The van der Waals surface area contributed by atoms with Gasteiger partial charge in [-0.2, -0.15) is 0 Å². The average Bonchev–Trinajstić information content (AvgIpc) is 2.74. The molecule has 1 aliphatic heterocycles. The lowest BCUT2D eigenvalue weighted by molar-refractivity contribution is 0.0944. The fourth-order valence-electron chi connectivity index (χ4n) is 2.28. The maximum absolute atomic E-state index is 11.7. The third-order valence-electron chi connectivity index (χ3n) is 3.34. The number of amides is 1. The molecule has 0 bridgehead atoms. The molecule has 5 heteroatoms.